The van der Waals surface area contributed by atoms with Gasteiger partial charge in [-0.2, -0.15) is 0 Å². The van der Waals surface area contributed by atoms with E-state index < -0.39 is 0 Å². The van der Waals surface area contributed by atoms with Gasteiger partial charge in [0.2, 0.25) is 0 Å². The maximum absolute atomic E-state index is 10.9. The summed E-state index contributed by atoms with van der Waals surface area (Å²) in [5, 5.41) is 2.48. The second-order valence-corrected chi connectivity index (χ2v) is 6.24. The van der Waals surface area contributed by atoms with Gasteiger partial charge in [0.05, 0.1) is 0 Å². The maximum Gasteiger partial charge on any atom is 0.276 e. The number of nitrogens with one attached hydrogen (secondary N) is 1. The van der Waals surface area contributed by atoms with Crippen LogP contribution < -0.4 is 5.32 Å². The first kappa shape index (κ1) is 15.1. The molecule has 3 heteroatoms. The van der Waals surface area contributed by atoms with Gasteiger partial charge in [0.15, 0.2) is 0 Å². The van der Waals surface area contributed by atoms with Crippen LogP contribution >= 0.6 is 12.6 Å². The molecule has 0 unspecified atom stereocenters. The van der Waals surface area contributed by atoms with E-state index in [1.165, 1.54) is 11.1 Å². The Kier molecular flexibility index (Phi) is 5.27. The number of benzene rings is 1. The lowest BCUT2D eigenvalue weighted by Gasteiger charge is -2.25. The lowest BCUT2D eigenvalue weighted by molar-refractivity contribution is 0.259. The molecule has 1 aromatic rings. The number of hydrogen-bond acceptors (Lipinski definition) is 1. The van der Waals surface area contributed by atoms with Gasteiger partial charge in [-0.3, -0.25) is 4.79 Å². The van der Waals surface area contributed by atoms with Crippen LogP contribution in [0.3, 0.4) is 0 Å². The Morgan fingerprint density at radius 1 is 1.28 bits per heavy atom. The highest BCUT2D eigenvalue weighted by atomic mass is 32.1. The van der Waals surface area contributed by atoms with Crippen molar-refractivity contribution in [3.63, 3.8) is 0 Å². The van der Waals surface area contributed by atoms with Crippen LogP contribution in [0.4, 0.5) is 4.79 Å². The summed E-state index contributed by atoms with van der Waals surface area (Å²) in [5.41, 5.74) is 2.52. The molecule has 0 saturated heterocycles. The summed E-state index contributed by atoms with van der Waals surface area (Å²) < 4.78 is 0. The monoisotopic (exact) mass is 265 g/mol. The number of carbonyl (C=O) groups excluding carboxylic acids is 1. The zero-order chi connectivity index (χ0) is 13.8. The summed E-state index contributed by atoms with van der Waals surface area (Å²) in [6.07, 6.45) is 1.11. The minimum absolute atomic E-state index is 0.0747. The zero-order valence-corrected chi connectivity index (χ0v) is 12.6. The molecule has 100 valence electrons. The summed E-state index contributed by atoms with van der Waals surface area (Å²) in [4.78, 5) is 10.9. The van der Waals surface area contributed by atoms with E-state index >= 15 is 0 Å². The van der Waals surface area contributed by atoms with Crippen LogP contribution in [0.2, 0.25) is 0 Å². The molecule has 1 rings (SSSR count). The van der Waals surface area contributed by atoms with E-state index in [1.807, 2.05) is 0 Å². The number of thiol groups is 1. The Hall–Kier alpha value is -0.960. The highest BCUT2D eigenvalue weighted by Crippen LogP contribution is 2.23. The van der Waals surface area contributed by atoms with E-state index in [-0.39, 0.29) is 10.7 Å². The first-order valence-electron chi connectivity index (χ1n) is 6.37. The van der Waals surface area contributed by atoms with Gasteiger partial charge in [0, 0.05) is 12.0 Å². The zero-order valence-electron chi connectivity index (χ0n) is 11.7. The van der Waals surface area contributed by atoms with Gasteiger partial charge < -0.3 is 5.32 Å². The second-order valence-electron chi connectivity index (χ2n) is 5.84. The van der Waals surface area contributed by atoms with Crippen LogP contribution in [-0.4, -0.2) is 11.8 Å². The van der Waals surface area contributed by atoms with Gasteiger partial charge in [-0.25, -0.2) is 0 Å². The van der Waals surface area contributed by atoms with Gasteiger partial charge >= 0.3 is 0 Å². The molecule has 1 N–H and O–H groups in total. The topological polar surface area (TPSA) is 29.1 Å². The van der Waals surface area contributed by atoms with Gasteiger partial charge in [0.1, 0.15) is 0 Å². The average Bonchev–Trinajstić information content (AvgIpc) is 2.26. The molecule has 0 spiro atoms. The lowest BCUT2D eigenvalue weighted by atomic mass is 9.84. The van der Waals surface area contributed by atoms with Crippen molar-refractivity contribution in [2.45, 2.75) is 39.5 Å². The number of carbonyl (C=O) groups is 1. The van der Waals surface area contributed by atoms with Crippen molar-refractivity contribution in [1.82, 2.24) is 5.32 Å². The van der Waals surface area contributed by atoms with E-state index in [0.717, 1.165) is 6.42 Å². The number of hydrogen-bond donors (Lipinski definition) is 2. The molecular weight excluding hydrogens is 242 g/mol. The molecule has 0 aliphatic heterocycles. The first-order chi connectivity index (χ1) is 8.31. The third kappa shape index (κ3) is 4.73. The molecular formula is C15H23NOS. The van der Waals surface area contributed by atoms with Gasteiger partial charge in [-0.05, 0) is 23.5 Å². The molecule has 0 atom stereocenters. The van der Waals surface area contributed by atoms with Crippen LogP contribution in [-0.2, 0) is 11.8 Å². The molecule has 0 bridgehead atoms. The Morgan fingerprint density at radius 2 is 1.83 bits per heavy atom. The van der Waals surface area contributed by atoms with Crippen LogP contribution in [0, 0.1) is 5.92 Å². The highest BCUT2D eigenvalue weighted by molar-refractivity contribution is 7.96. The van der Waals surface area contributed by atoms with E-state index in [4.69, 9.17) is 0 Å². The quantitative estimate of drug-likeness (QED) is 0.779. The second kappa shape index (κ2) is 6.28. The van der Waals surface area contributed by atoms with Crippen molar-refractivity contribution in [2.24, 2.45) is 5.92 Å². The van der Waals surface area contributed by atoms with E-state index in [0.29, 0.717) is 12.5 Å². The standard InChI is InChI=1S/C15H23NOS/c1-11(2)9-12-5-7-13(8-6-12)15(3,4)10-16-14(17)18/h5-8,11H,9-10H2,1-4H3,(H2,16,17,18). The molecule has 1 aromatic carbocycles. The molecule has 0 fully saturated rings. The SMILES string of the molecule is CC(C)Cc1ccc(C(C)(C)CNC(=O)S)cc1. The molecule has 0 aliphatic rings. The fourth-order valence-corrected chi connectivity index (χ4v) is 2.04. The van der Waals surface area contributed by atoms with Gasteiger partial charge in [0.25, 0.3) is 5.24 Å². The summed E-state index contributed by atoms with van der Waals surface area (Å²) >= 11 is 3.73. The predicted molar refractivity (Wildman–Crippen MR) is 80.4 cm³/mol. The van der Waals surface area contributed by atoms with Gasteiger partial charge in [-0.15, -0.1) is 0 Å². The Balaban J connectivity index is 2.73. The molecule has 0 aromatic heterocycles. The first-order valence-corrected chi connectivity index (χ1v) is 6.82. The summed E-state index contributed by atoms with van der Waals surface area (Å²) in [6, 6.07) is 8.67. The third-order valence-electron chi connectivity index (χ3n) is 3.06. The maximum atomic E-state index is 10.9. The summed E-state index contributed by atoms with van der Waals surface area (Å²) in [5.74, 6) is 0.673. The van der Waals surface area contributed by atoms with Crippen LogP contribution in [0.5, 0.6) is 0 Å². The van der Waals surface area contributed by atoms with Gasteiger partial charge in [-0.1, -0.05) is 64.6 Å². The predicted octanol–water partition coefficient (Wildman–Crippen LogP) is 3.80. The van der Waals surface area contributed by atoms with Crippen molar-refractivity contribution in [2.75, 3.05) is 6.54 Å². The van der Waals surface area contributed by atoms with E-state index in [1.54, 1.807) is 0 Å². The van der Waals surface area contributed by atoms with E-state index in [2.05, 4.69) is 69.9 Å². The van der Waals surface area contributed by atoms with Crippen LogP contribution in [0.1, 0.15) is 38.8 Å². The Labute approximate surface area is 116 Å². The van der Waals surface area contributed by atoms with Crippen LogP contribution in [0.25, 0.3) is 0 Å². The fourth-order valence-electron chi connectivity index (χ4n) is 1.96. The highest BCUT2D eigenvalue weighted by Gasteiger charge is 2.20. The van der Waals surface area contributed by atoms with Crippen molar-refractivity contribution in [3.05, 3.63) is 35.4 Å². The molecule has 0 aliphatic carbocycles. The van der Waals surface area contributed by atoms with E-state index in [9.17, 15) is 4.79 Å². The van der Waals surface area contributed by atoms with Crippen molar-refractivity contribution in [1.29, 1.82) is 0 Å². The smallest absolute Gasteiger partial charge is 0.276 e. The normalized spacial score (nSPS) is 11.7. The number of amides is 1. The molecule has 18 heavy (non-hydrogen) atoms. The van der Waals surface area contributed by atoms with Crippen molar-refractivity contribution < 1.29 is 4.79 Å². The minimum atomic E-state index is -0.278. The van der Waals surface area contributed by atoms with Crippen LogP contribution in [0.15, 0.2) is 24.3 Å². The molecule has 0 saturated carbocycles. The molecule has 2 nitrogen and oxygen atoms in total. The average molecular weight is 265 g/mol. The van der Waals surface area contributed by atoms with Crippen molar-refractivity contribution >= 4 is 17.9 Å². The molecule has 1 amide bonds. The lowest BCUT2D eigenvalue weighted by Crippen LogP contribution is -2.34. The van der Waals surface area contributed by atoms with Crippen molar-refractivity contribution in [3.8, 4) is 0 Å². The largest absolute Gasteiger partial charge is 0.346 e. The summed E-state index contributed by atoms with van der Waals surface area (Å²) in [7, 11) is 0. The Bertz CT molecular complexity index is 395. The molecule has 0 heterocycles. The Morgan fingerprint density at radius 3 is 2.28 bits per heavy atom. The number of rotatable bonds is 5. The fraction of sp³-hybridized carbons (Fsp3) is 0.533. The minimum Gasteiger partial charge on any atom is -0.346 e. The third-order valence-corrected chi connectivity index (χ3v) is 3.22. The molecule has 0 radical (unpaired) electrons. The summed E-state index contributed by atoms with van der Waals surface area (Å²) in [6.45, 7) is 9.28.